The summed E-state index contributed by atoms with van der Waals surface area (Å²) < 4.78 is 11.1. The van der Waals surface area contributed by atoms with Crippen LogP contribution in [0.25, 0.3) is 55.7 Å². The van der Waals surface area contributed by atoms with Gasteiger partial charge in [0.2, 0.25) is 0 Å². The van der Waals surface area contributed by atoms with Crippen molar-refractivity contribution >= 4 is 33.0 Å². The predicted molar refractivity (Wildman–Crippen MR) is 158 cm³/mol. The van der Waals surface area contributed by atoms with Gasteiger partial charge in [0.15, 0.2) is 22.4 Å². The van der Waals surface area contributed by atoms with Crippen molar-refractivity contribution < 1.29 is 8.98 Å². The molecule has 0 radical (unpaired) electrons. The molecule has 0 amide bonds. The van der Waals surface area contributed by atoms with E-state index in [2.05, 4.69) is 120 Å². The average Bonchev–Trinajstić information content (AvgIpc) is 3.37. The molecule has 6 rings (SSSR count). The third kappa shape index (κ3) is 4.01. The summed E-state index contributed by atoms with van der Waals surface area (Å²) in [6, 6.07) is 19.1. The lowest BCUT2D eigenvalue weighted by Gasteiger charge is -2.22. The Morgan fingerprint density at radius 3 is 2.10 bits per heavy atom. The lowest BCUT2D eigenvalue weighted by Crippen LogP contribution is -2.30. The maximum absolute atomic E-state index is 6.59. The standard InChI is InChI=1S/C33H36N5O/c1-19-14-16-21-22-18-20(28-34-30(32(2,3)4)36-31(35-28)33(5,6)7)15-17-25(22)39-27(21)26(19)29-37(8)23-12-10-11-13-24(23)38(29)9/h10-18H,1-9H3/q+1. The van der Waals surface area contributed by atoms with Crippen LogP contribution in [0.5, 0.6) is 0 Å². The Bertz CT molecular complexity index is 1840. The van der Waals surface area contributed by atoms with E-state index in [9.17, 15) is 0 Å². The van der Waals surface area contributed by atoms with Gasteiger partial charge in [-0.1, -0.05) is 65.8 Å². The molecule has 0 aliphatic rings. The summed E-state index contributed by atoms with van der Waals surface area (Å²) in [6.07, 6.45) is 0. The monoisotopic (exact) mass is 518 g/mol. The smallest absolute Gasteiger partial charge is 0.293 e. The highest BCUT2D eigenvalue weighted by molar-refractivity contribution is 6.10. The van der Waals surface area contributed by atoms with Gasteiger partial charge in [-0.15, -0.1) is 0 Å². The van der Waals surface area contributed by atoms with E-state index < -0.39 is 0 Å². The van der Waals surface area contributed by atoms with E-state index in [0.717, 1.165) is 50.5 Å². The Balaban J connectivity index is 1.60. The quantitative estimate of drug-likeness (QED) is 0.225. The summed E-state index contributed by atoms with van der Waals surface area (Å²) in [5.41, 5.74) is 6.97. The molecule has 0 saturated heterocycles. The maximum Gasteiger partial charge on any atom is 0.293 e. The van der Waals surface area contributed by atoms with Crippen LogP contribution in [-0.2, 0) is 24.9 Å². The van der Waals surface area contributed by atoms with Gasteiger partial charge in [-0.05, 0) is 42.8 Å². The number of hydrogen-bond donors (Lipinski definition) is 0. The number of imidazole rings is 1. The van der Waals surface area contributed by atoms with Crippen molar-refractivity contribution in [2.24, 2.45) is 14.1 Å². The van der Waals surface area contributed by atoms with Crippen LogP contribution >= 0.6 is 0 Å². The molecule has 3 aromatic carbocycles. The predicted octanol–water partition coefficient (Wildman–Crippen LogP) is 7.32. The molecule has 0 bridgehead atoms. The van der Waals surface area contributed by atoms with Crippen LogP contribution in [0.2, 0.25) is 0 Å². The molecule has 0 fully saturated rings. The summed E-state index contributed by atoms with van der Waals surface area (Å²) in [7, 11) is 4.24. The zero-order valence-corrected chi connectivity index (χ0v) is 24.3. The van der Waals surface area contributed by atoms with Crippen LogP contribution in [0.3, 0.4) is 0 Å². The molecule has 6 heteroatoms. The van der Waals surface area contributed by atoms with Crippen LogP contribution in [0.4, 0.5) is 0 Å². The summed E-state index contributed by atoms with van der Waals surface area (Å²) in [4.78, 5) is 14.7. The highest BCUT2D eigenvalue weighted by Gasteiger charge is 2.28. The zero-order chi connectivity index (χ0) is 27.9. The second-order valence-corrected chi connectivity index (χ2v) is 12.7. The first-order valence-corrected chi connectivity index (χ1v) is 13.5. The van der Waals surface area contributed by atoms with Crippen LogP contribution in [0, 0.1) is 6.92 Å². The highest BCUT2D eigenvalue weighted by Crippen LogP contribution is 2.39. The Hall–Kier alpha value is -4.06. The SMILES string of the molecule is Cc1ccc2c(oc3ccc(-c4nc(C(C)(C)C)nc(C(C)(C)C)n4)cc32)c1-c1n(C)c2ccccc2[n+]1C. The molecular weight excluding hydrogens is 482 g/mol. The summed E-state index contributed by atoms with van der Waals surface area (Å²) in [6.45, 7) is 15.0. The van der Waals surface area contributed by atoms with Crippen LogP contribution in [-0.4, -0.2) is 19.5 Å². The molecule has 198 valence electrons. The third-order valence-corrected chi connectivity index (χ3v) is 7.55. The Labute approximate surface area is 229 Å². The summed E-state index contributed by atoms with van der Waals surface area (Å²) in [5.74, 6) is 3.41. The number of hydrogen-bond acceptors (Lipinski definition) is 4. The number of furan rings is 1. The Morgan fingerprint density at radius 2 is 1.46 bits per heavy atom. The fourth-order valence-electron chi connectivity index (χ4n) is 5.35. The Kier molecular flexibility index (Phi) is 5.48. The van der Waals surface area contributed by atoms with Crippen LogP contribution in [0.15, 0.2) is 59.0 Å². The molecule has 6 aromatic rings. The second-order valence-electron chi connectivity index (χ2n) is 12.7. The van der Waals surface area contributed by atoms with Gasteiger partial charge in [-0.2, -0.15) is 0 Å². The maximum atomic E-state index is 6.59. The lowest BCUT2D eigenvalue weighted by atomic mass is 9.93. The largest absolute Gasteiger partial charge is 0.455 e. The first-order valence-electron chi connectivity index (χ1n) is 13.5. The molecule has 0 unspecified atom stereocenters. The minimum Gasteiger partial charge on any atom is -0.455 e. The third-order valence-electron chi connectivity index (χ3n) is 7.55. The van der Waals surface area contributed by atoms with Gasteiger partial charge in [0, 0.05) is 27.2 Å². The van der Waals surface area contributed by atoms with E-state index >= 15 is 0 Å². The fraction of sp³-hybridized carbons (Fsp3) is 0.333. The van der Waals surface area contributed by atoms with Gasteiger partial charge >= 0.3 is 0 Å². The van der Waals surface area contributed by atoms with E-state index in [-0.39, 0.29) is 10.8 Å². The number of aryl methyl sites for hydroxylation is 3. The van der Waals surface area contributed by atoms with Crippen molar-refractivity contribution in [2.75, 3.05) is 0 Å². The molecule has 3 aromatic heterocycles. The minimum absolute atomic E-state index is 0.190. The summed E-state index contributed by atoms with van der Waals surface area (Å²) in [5, 5.41) is 2.14. The normalized spacial score (nSPS) is 12.7. The number of rotatable bonds is 2. The zero-order valence-electron chi connectivity index (χ0n) is 24.3. The number of aromatic nitrogens is 5. The van der Waals surface area contributed by atoms with Crippen molar-refractivity contribution in [1.82, 2.24) is 19.5 Å². The molecule has 0 spiro atoms. The van der Waals surface area contributed by atoms with Gasteiger partial charge in [0.1, 0.15) is 22.8 Å². The first-order chi connectivity index (χ1) is 18.3. The fourth-order valence-corrected chi connectivity index (χ4v) is 5.35. The number of para-hydroxylation sites is 2. The molecular formula is C33H36N5O+. The molecule has 0 N–H and O–H groups in total. The highest BCUT2D eigenvalue weighted by atomic mass is 16.3. The number of nitrogens with zero attached hydrogens (tertiary/aromatic N) is 5. The van der Waals surface area contributed by atoms with E-state index in [0.29, 0.717) is 5.82 Å². The van der Waals surface area contributed by atoms with Gasteiger partial charge in [-0.3, -0.25) is 0 Å². The first kappa shape index (κ1) is 25.2. The van der Waals surface area contributed by atoms with E-state index in [1.165, 1.54) is 16.6 Å². The van der Waals surface area contributed by atoms with Gasteiger partial charge < -0.3 is 4.42 Å². The second kappa shape index (κ2) is 8.47. The molecule has 0 aliphatic carbocycles. The van der Waals surface area contributed by atoms with Crippen LogP contribution < -0.4 is 4.57 Å². The lowest BCUT2D eigenvalue weighted by molar-refractivity contribution is -0.634. The number of fused-ring (bicyclic) bond motifs is 4. The average molecular weight is 519 g/mol. The van der Waals surface area contributed by atoms with Crippen LogP contribution in [0.1, 0.15) is 58.8 Å². The van der Waals surface area contributed by atoms with E-state index in [1.807, 2.05) is 6.07 Å². The van der Waals surface area contributed by atoms with E-state index in [1.54, 1.807) is 0 Å². The van der Waals surface area contributed by atoms with Crippen molar-refractivity contribution in [3.63, 3.8) is 0 Å². The minimum atomic E-state index is -0.190. The number of benzene rings is 3. The van der Waals surface area contributed by atoms with Gasteiger partial charge in [0.05, 0.1) is 14.1 Å². The molecule has 0 atom stereocenters. The molecule has 0 saturated carbocycles. The van der Waals surface area contributed by atoms with Gasteiger partial charge in [0.25, 0.3) is 5.82 Å². The molecule has 39 heavy (non-hydrogen) atoms. The molecule has 0 aliphatic heterocycles. The van der Waals surface area contributed by atoms with Gasteiger partial charge in [-0.25, -0.2) is 24.1 Å². The van der Waals surface area contributed by atoms with Crippen molar-refractivity contribution in [2.45, 2.75) is 59.3 Å². The van der Waals surface area contributed by atoms with Crippen molar-refractivity contribution in [1.29, 1.82) is 0 Å². The Morgan fingerprint density at radius 1 is 0.795 bits per heavy atom. The van der Waals surface area contributed by atoms with E-state index in [4.69, 9.17) is 19.4 Å². The summed E-state index contributed by atoms with van der Waals surface area (Å²) >= 11 is 0. The molecule has 3 heterocycles. The topological polar surface area (TPSA) is 60.6 Å². The van der Waals surface area contributed by atoms with Crippen molar-refractivity contribution in [3.05, 3.63) is 71.8 Å². The van der Waals surface area contributed by atoms with Crippen molar-refractivity contribution in [3.8, 4) is 22.8 Å². The molecule has 6 nitrogen and oxygen atoms in total.